The second-order valence-electron chi connectivity index (χ2n) is 15.4. The lowest BCUT2D eigenvalue weighted by Crippen LogP contribution is -3.00. The summed E-state index contributed by atoms with van der Waals surface area (Å²) in [5.74, 6) is 0. The topological polar surface area (TPSA) is 26.0 Å². The summed E-state index contributed by atoms with van der Waals surface area (Å²) in [5, 5.41) is 0. The van der Waals surface area contributed by atoms with E-state index >= 15 is 0 Å². The summed E-state index contributed by atoms with van der Waals surface area (Å²) in [6.45, 7) is 7.39. The molecule has 0 bridgehead atoms. The van der Waals surface area contributed by atoms with Crippen LogP contribution in [0.25, 0.3) is 0 Å². The van der Waals surface area contributed by atoms with Gasteiger partial charge in [0.25, 0.3) is 0 Å². The molecule has 0 aliphatic carbocycles. The van der Waals surface area contributed by atoms with Crippen LogP contribution in [0.4, 0.5) is 5.69 Å². The lowest BCUT2D eigenvalue weighted by atomic mass is 10.0. The van der Waals surface area contributed by atoms with E-state index in [1.165, 1.54) is 223 Å². The van der Waals surface area contributed by atoms with Crippen LogP contribution in [0.1, 0.15) is 219 Å². The molecule has 1 aromatic carbocycles. The van der Waals surface area contributed by atoms with Crippen molar-refractivity contribution in [3.8, 4) is 0 Å². The Morgan fingerprint density at radius 2 is 0.574 bits per heavy atom. The second kappa shape index (κ2) is 39.7. The van der Waals surface area contributed by atoms with Crippen LogP contribution in [0, 0.1) is 0 Å². The van der Waals surface area contributed by atoms with Crippen molar-refractivity contribution in [2.75, 3.05) is 32.9 Å². The van der Waals surface area contributed by atoms with E-state index in [1.54, 1.807) is 0 Å². The largest absolute Gasteiger partial charge is 1.00 e. The third-order valence-electron chi connectivity index (χ3n) is 10.0. The Morgan fingerprint density at radius 1 is 0.362 bits per heavy atom. The van der Waals surface area contributed by atoms with Gasteiger partial charge in [-0.2, -0.15) is 0 Å². The van der Waals surface area contributed by atoms with Gasteiger partial charge in [-0.05, 0) is 37.8 Å². The fraction of sp³-hybridized carbons (Fsp3) is 0.864. The normalized spacial score (nSPS) is 11.2. The van der Waals surface area contributed by atoms with Gasteiger partial charge in [-0.25, -0.2) is 0 Å². The molecule has 0 fully saturated rings. The number of nitrogens with two attached hydrogens (primary N) is 1. The van der Waals surface area contributed by atoms with Crippen LogP contribution >= 0.6 is 0 Å². The number of rotatable bonds is 34. The van der Waals surface area contributed by atoms with Crippen molar-refractivity contribution in [2.45, 2.75) is 219 Å². The highest BCUT2D eigenvalue weighted by Gasteiger charge is 2.13. The highest BCUT2D eigenvalue weighted by Crippen LogP contribution is 2.16. The lowest BCUT2D eigenvalue weighted by molar-refractivity contribution is -0.890. The standard InChI is InChI=1S/C38H80N.C6H7N.ClH/c1-5-7-9-11-13-15-17-19-21-23-25-27-29-31-33-35-37-39(3,4)38-36-34-32-30-28-26-24-22-20-18-16-14-12-10-8-6-2;7-6-4-2-1-3-5-6;/h5-38H2,1-4H3;1-5H,7H2;1H/q+1;;/p-1. The molecular weight excluding hydrogens is 592 g/mol. The van der Waals surface area contributed by atoms with Gasteiger partial charge in [-0.1, -0.05) is 212 Å². The molecule has 0 unspecified atom stereocenters. The number of halogens is 1. The predicted molar refractivity (Wildman–Crippen MR) is 212 cm³/mol. The molecule has 0 spiro atoms. The van der Waals surface area contributed by atoms with Crippen LogP contribution in [0.3, 0.4) is 0 Å². The first-order chi connectivity index (χ1) is 22.5. The van der Waals surface area contributed by atoms with Crippen molar-refractivity contribution in [1.82, 2.24) is 0 Å². The maximum atomic E-state index is 5.36. The number of benzene rings is 1. The first-order valence-electron chi connectivity index (χ1n) is 21.1. The van der Waals surface area contributed by atoms with E-state index in [0.717, 1.165) is 5.69 Å². The fourth-order valence-electron chi connectivity index (χ4n) is 6.74. The molecular formula is C44H87ClN2. The zero-order valence-corrected chi connectivity index (χ0v) is 33.6. The van der Waals surface area contributed by atoms with Crippen molar-refractivity contribution in [3.05, 3.63) is 30.3 Å². The molecule has 2 N–H and O–H groups in total. The van der Waals surface area contributed by atoms with Crippen LogP contribution in [0.15, 0.2) is 30.3 Å². The number of quaternary nitrogens is 1. The van der Waals surface area contributed by atoms with Crippen molar-refractivity contribution in [3.63, 3.8) is 0 Å². The quantitative estimate of drug-likeness (QED) is 0.0438. The van der Waals surface area contributed by atoms with Crippen LogP contribution in [-0.4, -0.2) is 31.7 Å². The number of nitrogens with zero attached hydrogens (tertiary/aromatic N) is 1. The highest BCUT2D eigenvalue weighted by atomic mass is 35.5. The zero-order chi connectivity index (χ0) is 33.7. The van der Waals surface area contributed by atoms with E-state index < -0.39 is 0 Å². The van der Waals surface area contributed by atoms with E-state index in [-0.39, 0.29) is 12.4 Å². The molecule has 47 heavy (non-hydrogen) atoms. The summed E-state index contributed by atoms with van der Waals surface area (Å²) >= 11 is 0. The van der Waals surface area contributed by atoms with E-state index in [9.17, 15) is 0 Å². The SMILES string of the molecule is CCCCCCCCCCCCCCCCCC[N+](C)(C)CCCCCCCCCCCCCCCCCC.Nc1ccccc1.[Cl-]. The maximum Gasteiger partial charge on any atom is 0.0782 e. The summed E-state index contributed by atoms with van der Waals surface area (Å²) in [5.41, 5.74) is 6.18. The number of anilines is 1. The van der Waals surface area contributed by atoms with Gasteiger partial charge in [0.05, 0.1) is 27.2 Å². The van der Waals surface area contributed by atoms with Crippen molar-refractivity contribution < 1.29 is 16.9 Å². The molecule has 280 valence electrons. The van der Waals surface area contributed by atoms with E-state index in [4.69, 9.17) is 5.73 Å². The molecule has 1 rings (SSSR count). The minimum absolute atomic E-state index is 0. The Balaban J connectivity index is 0. The molecule has 1 aromatic rings. The number of hydrogen-bond acceptors (Lipinski definition) is 1. The number of unbranched alkanes of at least 4 members (excludes halogenated alkanes) is 30. The Morgan fingerprint density at radius 3 is 0.766 bits per heavy atom. The monoisotopic (exact) mass is 679 g/mol. The second-order valence-corrected chi connectivity index (χ2v) is 15.4. The smallest absolute Gasteiger partial charge is 0.0782 e. The van der Waals surface area contributed by atoms with Crippen LogP contribution in [-0.2, 0) is 0 Å². The van der Waals surface area contributed by atoms with Gasteiger partial charge in [0.1, 0.15) is 0 Å². The Labute approximate surface area is 304 Å². The van der Waals surface area contributed by atoms with Gasteiger partial charge in [0, 0.05) is 5.69 Å². The number of para-hydroxylation sites is 1. The van der Waals surface area contributed by atoms with Gasteiger partial charge in [0.15, 0.2) is 0 Å². The van der Waals surface area contributed by atoms with Gasteiger partial charge in [-0.15, -0.1) is 0 Å². The lowest BCUT2D eigenvalue weighted by Gasteiger charge is -2.30. The van der Waals surface area contributed by atoms with Crippen LogP contribution in [0.5, 0.6) is 0 Å². The maximum absolute atomic E-state index is 5.36. The average molecular weight is 680 g/mol. The van der Waals surface area contributed by atoms with E-state index in [1.807, 2.05) is 30.3 Å². The minimum atomic E-state index is 0. The Hall–Kier alpha value is -0.730. The van der Waals surface area contributed by atoms with Crippen molar-refractivity contribution >= 4 is 5.69 Å². The van der Waals surface area contributed by atoms with Gasteiger partial charge >= 0.3 is 0 Å². The Bertz CT molecular complexity index is 639. The average Bonchev–Trinajstić information content (AvgIpc) is 3.05. The van der Waals surface area contributed by atoms with E-state index in [0.29, 0.717) is 0 Å². The summed E-state index contributed by atoms with van der Waals surface area (Å²) in [6, 6.07) is 9.49. The fourth-order valence-corrected chi connectivity index (χ4v) is 6.74. The van der Waals surface area contributed by atoms with E-state index in [2.05, 4.69) is 27.9 Å². The molecule has 0 aliphatic rings. The van der Waals surface area contributed by atoms with Gasteiger partial charge < -0.3 is 22.6 Å². The summed E-state index contributed by atoms with van der Waals surface area (Å²) in [6.07, 6.45) is 46.9. The molecule has 0 aromatic heterocycles. The van der Waals surface area contributed by atoms with Gasteiger partial charge in [-0.3, -0.25) is 0 Å². The molecule has 0 atom stereocenters. The first-order valence-corrected chi connectivity index (χ1v) is 21.1. The molecule has 0 amide bonds. The molecule has 0 aliphatic heterocycles. The number of nitrogen functional groups attached to an aromatic ring is 1. The first kappa shape index (κ1) is 48.4. The highest BCUT2D eigenvalue weighted by molar-refractivity contribution is 5.35. The zero-order valence-electron chi connectivity index (χ0n) is 32.8. The molecule has 0 radical (unpaired) electrons. The Kier molecular flexibility index (Phi) is 40.9. The molecule has 2 nitrogen and oxygen atoms in total. The molecule has 3 heteroatoms. The predicted octanol–water partition coefficient (Wildman–Crippen LogP) is 11.9. The summed E-state index contributed by atoms with van der Waals surface area (Å²) in [4.78, 5) is 0. The molecule has 0 heterocycles. The molecule has 0 saturated carbocycles. The minimum Gasteiger partial charge on any atom is -1.00 e. The molecule has 0 saturated heterocycles. The van der Waals surface area contributed by atoms with Gasteiger partial charge in [0.2, 0.25) is 0 Å². The van der Waals surface area contributed by atoms with Crippen LogP contribution < -0.4 is 18.1 Å². The number of hydrogen-bond donors (Lipinski definition) is 1. The van der Waals surface area contributed by atoms with Crippen molar-refractivity contribution in [1.29, 1.82) is 0 Å². The van der Waals surface area contributed by atoms with Crippen molar-refractivity contribution in [2.24, 2.45) is 0 Å². The summed E-state index contributed by atoms with van der Waals surface area (Å²) < 4.78 is 1.25. The van der Waals surface area contributed by atoms with Crippen LogP contribution in [0.2, 0.25) is 0 Å². The summed E-state index contributed by atoms with van der Waals surface area (Å²) in [7, 11) is 4.94. The third-order valence-corrected chi connectivity index (χ3v) is 10.0. The third kappa shape index (κ3) is 41.4.